The van der Waals surface area contributed by atoms with Crippen LogP contribution in [0.2, 0.25) is 0 Å². The average Bonchev–Trinajstić information content (AvgIpc) is 3.17. The first-order chi connectivity index (χ1) is 15.3. The molecule has 0 aliphatic carbocycles. The Kier molecular flexibility index (Phi) is 7.00. The first kappa shape index (κ1) is 20.7. The quantitative estimate of drug-likeness (QED) is 0.450. The fourth-order valence-corrected chi connectivity index (χ4v) is 3.23. The number of benzene rings is 2. The molecule has 0 spiro atoms. The molecular weight excluding hydrogens is 397 g/mol. The molecule has 0 saturated heterocycles. The number of anilines is 1. The second-order valence-electron chi connectivity index (χ2n) is 7.17. The van der Waals surface area contributed by atoms with Crippen molar-refractivity contribution in [3.63, 3.8) is 0 Å². The lowest BCUT2D eigenvalue weighted by Gasteiger charge is -2.15. The second kappa shape index (κ2) is 10.5. The van der Waals surface area contributed by atoms with E-state index in [0.717, 1.165) is 35.7 Å². The lowest BCUT2D eigenvalue weighted by molar-refractivity contribution is 0.297. The highest BCUT2D eigenvalue weighted by Crippen LogP contribution is 2.32. The van der Waals surface area contributed by atoms with E-state index in [2.05, 4.69) is 20.6 Å². The van der Waals surface area contributed by atoms with Crippen LogP contribution >= 0.6 is 0 Å². The Morgan fingerprint density at radius 3 is 2.87 bits per heavy atom. The van der Waals surface area contributed by atoms with E-state index in [1.165, 1.54) is 6.07 Å². The summed E-state index contributed by atoms with van der Waals surface area (Å²) in [7, 11) is 0. The number of guanidine groups is 1. The largest absolute Gasteiger partial charge is 0.490 e. The maximum Gasteiger partial charge on any atom is 0.195 e. The second-order valence-corrected chi connectivity index (χ2v) is 7.17. The van der Waals surface area contributed by atoms with Gasteiger partial charge in [0.15, 0.2) is 17.5 Å². The van der Waals surface area contributed by atoms with Crippen LogP contribution < -0.4 is 20.1 Å². The lowest BCUT2D eigenvalue weighted by Crippen LogP contribution is -2.33. The molecule has 2 heterocycles. The highest BCUT2D eigenvalue weighted by molar-refractivity contribution is 5.94. The van der Waals surface area contributed by atoms with Crippen molar-refractivity contribution < 1.29 is 13.9 Å². The minimum absolute atomic E-state index is 0.231. The van der Waals surface area contributed by atoms with E-state index >= 15 is 0 Å². The monoisotopic (exact) mass is 423 g/mol. The molecule has 0 radical (unpaired) electrons. The molecule has 2 N–H and O–H groups in total. The number of hydrogen-bond donors (Lipinski definition) is 2. The molecule has 4 rings (SSSR count). The van der Waals surface area contributed by atoms with Gasteiger partial charge in [0.2, 0.25) is 0 Å². The summed E-state index contributed by atoms with van der Waals surface area (Å²) < 4.78 is 26.9. The highest BCUT2D eigenvalue weighted by Gasteiger charge is 2.11. The van der Waals surface area contributed by atoms with E-state index in [9.17, 15) is 4.39 Å². The molecule has 2 aromatic carbocycles. The molecule has 7 nitrogen and oxygen atoms in total. The Labute approximate surface area is 180 Å². The summed E-state index contributed by atoms with van der Waals surface area (Å²) in [5.41, 5.74) is 1.76. The third-order valence-electron chi connectivity index (χ3n) is 4.79. The van der Waals surface area contributed by atoms with E-state index in [1.807, 2.05) is 35.0 Å². The minimum atomic E-state index is -0.231. The van der Waals surface area contributed by atoms with Gasteiger partial charge < -0.3 is 24.7 Å². The van der Waals surface area contributed by atoms with Crippen LogP contribution in [0, 0.1) is 5.82 Å². The Morgan fingerprint density at radius 1 is 1.13 bits per heavy atom. The maximum absolute atomic E-state index is 13.4. The van der Waals surface area contributed by atoms with Crippen molar-refractivity contribution in [1.82, 2.24) is 14.9 Å². The Morgan fingerprint density at radius 2 is 2.03 bits per heavy atom. The van der Waals surface area contributed by atoms with Gasteiger partial charge in [-0.15, -0.1) is 0 Å². The number of nitrogens with one attached hydrogen (secondary N) is 2. The van der Waals surface area contributed by atoms with Gasteiger partial charge in [0.05, 0.1) is 19.5 Å². The first-order valence-corrected chi connectivity index (χ1v) is 10.4. The number of nitrogens with zero attached hydrogens (tertiary/aromatic N) is 3. The van der Waals surface area contributed by atoms with Crippen molar-refractivity contribution in [2.24, 2.45) is 4.99 Å². The summed E-state index contributed by atoms with van der Waals surface area (Å²) in [6, 6.07) is 12.4. The smallest absolute Gasteiger partial charge is 0.195 e. The predicted molar refractivity (Wildman–Crippen MR) is 118 cm³/mol. The Balaban J connectivity index is 1.42. The number of rotatable bonds is 7. The van der Waals surface area contributed by atoms with Gasteiger partial charge in [-0.3, -0.25) is 4.99 Å². The standard InChI is InChI=1S/C23H26FN5O2/c24-19-4-1-3-18(15-19)7-8-26-23(27-10-12-29-11-9-25-17-29)28-20-5-6-21-22(16-20)31-14-2-13-30-21/h1,3-6,9,11,15-17H,2,7-8,10,12-14H2,(H2,26,27,28). The average molecular weight is 423 g/mol. The van der Waals surface area contributed by atoms with Crippen LogP contribution in [0.15, 0.2) is 66.2 Å². The highest BCUT2D eigenvalue weighted by atomic mass is 19.1. The van der Waals surface area contributed by atoms with Crippen LogP contribution in [0.4, 0.5) is 10.1 Å². The van der Waals surface area contributed by atoms with E-state index in [-0.39, 0.29) is 5.82 Å². The Hall–Kier alpha value is -3.55. The number of fused-ring (bicyclic) bond motifs is 1. The molecular formula is C23H26FN5O2. The minimum Gasteiger partial charge on any atom is -0.490 e. The molecule has 0 unspecified atom stereocenters. The molecule has 0 amide bonds. The number of imidazole rings is 1. The topological polar surface area (TPSA) is 72.7 Å². The predicted octanol–water partition coefficient (Wildman–Crippen LogP) is 3.48. The summed E-state index contributed by atoms with van der Waals surface area (Å²) in [6.45, 7) is 3.24. The van der Waals surface area contributed by atoms with E-state index in [4.69, 9.17) is 9.47 Å². The maximum atomic E-state index is 13.4. The fraction of sp³-hybridized carbons (Fsp3) is 0.304. The SMILES string of the molecule is Fc1cccc(CCN=C(NCCn2ccnc2)Nc2ccc3c(c2)OCCCO3)c1. The molecule has 1 aromatic heterocycles. The van der Waals surface area contributed by atoms with E-state index in [1.54, 1.807) is 24.7 Å². The lowest BCUT2D eigenvalue weighted by atomic mass is 10.1. The zero-order valence-corrected chi connectivity index (χ0v) is 17.3. The summed E-state index contributed by atoms with van der Waals surface area (Å²) >= 11 is 0. The van der Waals surface area contributed by atoms with Crippen molar-refractivity contribution in [2.45, 2.75) is 19.4 Å². The summed E-state index contributed by atoms with van der Waals surface area (Å²) in [5, 5.41) is 6.67. The molecule has 162 valence electrons. The Bertz CT molecular complexity index is 1010. The van der Waals surface area contributed by atoms with Gasteiger partial charge in [0.25, 0.3) is 0 Å². The number of halogens is 1. The van der Waals surface area contributed by atoms with Gasteiger partial charge in [0.1, 0.15) is 5.82 Å². The van der Waals surface area contributed by atoms with Gasteiger partial charge in [-0.05, 0) is 36.2 Å². The summed E-state index contributed by atoms with van der Waals surface area (Å²) in [6.07, 6.45) is 6.96. The number of aromatic nitrogens is 2. The zero-order chi connectivity index (χ0) is 21.3. The van der Waals surface area contributed by atoms with E-state index < -0.39 is 0 Å². The zero-order valence-electron chi connectivity index (χ0n) is 17.3. The van der Waals surface area contributed by atoms with Crippen LogP contribution in [0.25, 0.3) is 0 Å². The van der Waals surface area contributed by atoms with Crippen LogP contribution in [-0.4, -0.2) is 41.8 Å². The van der Waals surface area contributed by atoms with Crippen molar-refractivity contribution in [1.29, 1.82) is 0 Å². The molecule has 0 fully saturated rings. The van der Waals surface area contributed by atoms with Crippen LogP contribution in [0.5, 0.6) is 11.5 Å². The van der Waals surface area contributed by atoms with Crippen molar-refractivity contribution in [3.8, 4) is 11.5 Å². The van der Waals surface area contributed by atoms with Gasteiger partial charge in [0, 0.05) is 50.2 Å². The molecule has 0 saturated carbocycles. The van der Waals surface area contributed by atoms with Crippen molar-refractivity contribution in [2.75, 3.05) is 31.6 Å². The molecule has 8 heteroatoms. The van der Waals surface area contributed by atoms with Gasteiger partial charge >= 0.3 is 0 Å². The number of hydrogen-bond acceptors (Lipinski definition) is 4. The molecule has 3 aromatic rings. The molecule has 0 bridgehead atoms. The third kappa shape index (κ3) is 6.21. The van der Waals surface area contributed by atoms with Crippen molar-refractivity contribution in [3.05, 3.63) is 72.6 Å². The molecule has 31 heavy (non-hydrogen) atoms. The summed E-state index contributed by atoms with van der Waals surface area (Å²) in [5.74, 6) is 1.89. The van der Waals surface area contributed by atoms with Crippen molar-refractivity contribution >= 4 is 11.6 Å². The summed E-state index contributed by atoms with van der Waals surface area (Å²) in [4.78, 5) is 8.73. The number of aliphatic imine (C=N–C) groups is 1. The van der Waals surface area contributed by atoms with Crippen LogP contribution in [-0.2, 0) is 13.0 Å². The number of ether oxygens (including phenoxy) is 2. The van der Waals surface area contributed by atoms with Crippen LogP contribution in [0.3, 0.4) is 0 Å². The normalized spacial score (nSPS) is 13.5. The van der Waals surface area contributed by atoms with Gasteiger partial charge in [-0.25, -0.2) is 9.37 Å². The molecule has 1 aliphatic rings. The molecule has 1 aliphatic heterocycles. The first-order valence-electron chi connectivity index (χ1n) is 10.4. The van der Waals surface area contributed by atoms with Gasteiger partial charge in [-0.1, -0.05) is 12.1 Å². The van der Waals surface area contributed by atoms with Crippen LogP contribution in [0.1, 0.15) is 12.0 Å². The van der Waals surface area contributed by atoms with E-state index in [0.29, 0.717) is 38.7 Å². The molecule has 0 atom stereocenters. The third-order valence-corrected chi connectivity index (χ3v) is 4.79. The van der Waals surface area contributed by atoms with Gasteiger partial charge in [-0.2, -0.15) is 0 Å². The fourth-order valence-electron chi connectivity index (χ4n) is 3.23.